The summed E-state index contributed by atoms with van der Waals surface area (Å²) in [6.07, 6.45) is 16.4. The predicted octanol–water partition coefficient (Wildman–Crippen LogP) is 4.80. The number of unbranched alkanes of at least 4 members (excludes halogenated alkanes) is 5. The highest BCUT2D eigenvalue weighted by Gasteiger charge is 2.18. The maximum absolute atomic E-state index is 10.2. The SMILES string of the molecule is CCCCC[C@H](C#C/C=C\CCCCC=O)OC1CCCCO1. The zero-order valence-corrected chi connectivity index (χ0v) is 14.6. The van der Waals surface area contributed by atoms with Gasteiger partial charge in [-0.15, -0.1) is 0 Å². The van der Waals surface area contributed by atoms with Crippen molar-refractivity contribution in [2.75, 3.05) is 6.61 Å². The third kappa shape index (κ3) is 11.1. The molecule has 0 N–H and O–H groups in total. The van der Waals surface area contributed by atoms with Crippen molar-refractivity contribution in [1.82, 2.24) is 0 Å². The van der Waals surface area contributed by atoms with Crippen molar-refractivity contribution in [3.8, 4) is 11.8 Å². The molecule has 1 unspecified atom stereocenters. The molecule has 0 aromatic rings. The minimum Gasteiger partial charge on any atom is -0.353 e. The molecule has 1 aliphatic rings. The minimum atomic E-state index is -0.0722. The molecule has 0 aromatic carbocycles. The Morgan fingerprint density at radius 1 is 1.22 bits per heavy atom. The highest BCUT2D eigenvalue weighted by atomic mass is 16.7. The maximum Gasteiger partial charge on any atom is 0.159 e. The van der Waals surface area contributed by atoms with E-state index in [9.17, 15) is 4.79 Å². The van der Waals surface area contributed by atoms with Crippen molar-refractivity contribution in [3.63, 3.8) is 0 Å². The molecule has 0 radical (unpaired) electrons. The Hall–Kier alpha value is -1.11. The van der Waals surface area contributed by atoms with Crippen LogP contribution in [0, 0.1) is 11.8 Å². The van der Waals surface area contributed by atoms with Gasteiger partial charge in [-0.05, 0) is 57.4 Å². The van der Waals surface area contributed by atoms with Crippen molar-refractivity contribution >= 4 is 6.29 Å². The lowest BCUT2D eigenvalue weighted by molar-refractivity contribution is -0.177. The zero-order chi connectivity index (χ0) is 16.6. The molecule has 1 aliphatic heterocycles. The van der Waals surface area contributed by atoms with Gasteiger partial charge in [-0.25, -0.2) is 0 Å². The average molecular weight is 320 g/mol. The summed E-state index contributed by atoms with van der Waals surface area (Å²) < 4.78 is 11.7. The molecule has 0 bridgehead atoms. The first-order valence-electron chi connectivity index (χ1n) is 9.23. The lowest BCUT2D eigenvalue weighted by atomic mass is 10.1. The monoisotopic (exact) mass is 320 g/mol. The van der Waals surface area contributed by atoms with Crippen LogP contribution in [0.4, 0.5) is 0 Å². The van der Waals surface area contributed by atoms with E-state index >= 15 is 0 Å². The molecule has 1 rings (SSSR count). The van der Waals surface area contributed by atoms with Gasteiger partial charge in [0.15, 0.2) is 6.29 Å². The van der Waals surface area contributed by atoms with E-state index in [1.807, 2.05) is 6.08 Å². The van der Waals surface area contributed by atoms with Crippen LogP contribution in [0.5, 0.6) is 0 Å². The van der Waals surface area contributed by atoms with Crippen LogP contribution in [0.15, 0.2) is 12.2 Å². The summed E-state index contributed by atoms with van der Waals surface area (Å²) in [7, 11) is 0. The summed E-state index contributed by atoms with van der Waals surface area (Å²) >= 11 is 0. The molecule has 2 atom stereocenters. The van der Waals surface area contributed by atoms with Crippen LogP contribution in [0.3, 0.4) is 0 Å². The number of rotatable bonds is 11. The molecule has 3 heteroatoms. The van der Waals surface area contributed by atoms with Crippen molar-refractivity contribution in [3.05, 3.63) is 12.2 Å². The molecular formula is C20H32O3. The first kappa shape index (κ1) is 19.9. The second-order valence-corrected chi connectivity index (χ2v) is 6.06. The van der Waals surface area contributed by atoms with Crippen molar-refractivity contribution in [1.29, 1.82) is 0 Å². The quantitative estimate of drug-likeness (QED) is 0.312. The molecule has 1 fully saturated rings. The van der Waals surface area contributed by atoms with Gasteiger partial charge in [-0.1, -0.05) is 37.7 Å². The predicted molar refractivity (Wildman–Crippen MR) is 94.1 cm³/mol. The second-order valence-electron chi connectivity index (χ2n) is 6.06. The minimum absolute atomic E-state index is 0.0237. The van der Waals surface area contributed by atoms with Gasteiger partial charge in [0.1, 0.15) is 12.4 Å². The smallest absolute Gasteiger partial charge is 0.159 e. The molecule has 0 saturated carbocycles. The zero-order valence-electron chi connectivity index (χ0n) is 14.6. The van der Waals surface area contributed by atoms with Gasteiger partial charge in [0.2, 0.25) is 0 Å². The van der Waals surface area contributed by atoms with Crippen LogP contribution in [0.2, 0.25) is 0 Å². The van der Waals surface area contributed by atoms with Gasteiger partial charge in [0.05, 0.1) is 0 Å². The highest BCUT2D eigenvalue weighted by molar-refractivity contribution is 5.48. The Morgan fingerprint density at radius 3 is 2.83 bits per heavy atom. The second kappa shape index (κ2) is 14.5. The number of carbonyl (C=O) groups is 1. The summed E-state index contributed by atoms with van der Waals surface area (Å²) in [5.74, 6) is 6.35. The summed E-state index contributed by atoms with van der Waals surface area (Å²) in [4.78, 5) is 10.2. The third-order valence-corrected chi connectivity index (χ3v) is 3.91. The number of ether oxygens (including phenoxy) is 2. The molecule has 0 amide bonds. The fourth-order valence-electron chi connectivity index (χ4n) is 2.53. The van der Waals surface area contributed by atoms with Gasteiger partial charge in [0, 0.05) is 13.0 Å². The van der Waals surface area contributed by atoms with Crippen LogP contribution in [-0.4, -0.2) is 25.3 Å². The molecule has 1 saturated heterocycles. The first-order chi connectivity index (χ1) is 11.4. The number of hydrogen-bond acceptors (Lipinski definition) is 3. The van der Waals surface area contributed by atoms with Gasteiger partial charge >= 0.3 is 0 Å². The molecule has 0 spiro atoms. The van der Waals surface area contributed by atoms with Crippen molar-refractivity contribution < 1.29 is 14.3 Å². The number of carbonyl (C=O) groups excluding carboxylic acids is 1. The molecule has 0 aromatic heterocycles. The molecule has 1 heterocycles. The van der Waals surface area contributed by atoms with Gasteiger partial charge in [-0.3, -0.25) is 0 Å². The Labute approximate surface area is 141 Å². The van der Waals surface area contributed by atoms with Crippen LogP contribution in [-0.2, 0) is 14.3 Å². The fourth-order valence-corrected chi connectivity index (χ4v) is 2.53. The van der Waals surface area contributed by atoms with Crippen LogP contribution >= 0.6 is 0 Å². The summed E-state index contributed by atoms with van der Waals surface area (Å²) in [6.45, 7) is 3.01. The lowest BCUT2D eigenvalue weighted by Crippen LogP contribution is -2.27. The Bertz CT molecular complexity index is 372. The Balaban J connectivity index is 2.33. The van der Waals surface area contributed by atoms with Crippen LogP contribution in [0.1, 0.15) is 77.6 Å². The van der Waals surface area contributed by atoms with E-state index in [0.717, 1.165) is 57.8 Å². The standard InChI is InChI=1S/C20H32O3/c1-2-3-9-14-19(23-20-16-11-13-18-22-20)15-10-7-5-4-6-8-12-17-21/h5,7,17,19-20H,2-4,6,8-9,11-14,16,18H2,1H3/b7-5-/t19-,20?/m1/s1. The van der Waals surface area contributed by atoms with E-state index in [1.165, 1.54) is 19.3 Å². The maximum atomic E-state index is 10.2. The highest BCUT2D eigenvalue weighted by Crippen LogP contribution is 2.17. The Kier molecular flexibility index (Phi) is 12.6. The molecule has 0 aliphatic carbocycles. The van der Waals surface area contributed by atoms with Gasteiger partial charge < -0.3 is 14.3 Å². The first-order valence-corrected chi connectivity index (χ1v) is 9.23. The molecule has 130 valence electrons. The average Bonchev–Trinajstić information content (AvgIpc) is 2.58. The summed E-state index contributed by atoms with van der Waals surface area (Å²) in [5.41, 5.74) is 0. The van der Waals surface area contributed by atoms with E-state index in [4.69, 9.17) is 9.47 Å². The summed E-state index contributed by atoms with van der Waals surface area (Å²) in [6, 6.07) is 0. The van der Waals surface area contributed by atoms with E-state index in [1.54, 1.807) is 0 Å². The van der Waals surface area contributed by atoms with Gasteiger partial charge in [0.25, 0.3) is 0 Å². The molecule has 23 heavy (non-hydrogen) atoms. The van der Waals surface area contributed by atoms with Crippen LogP contribution < -0.4 is 0 Å². The normalized spacial score (nSPS) is 19.3. The van der Waals surface area contributed by atoms with E-state index in [-0.39, 0.29) is 12.4 Å². The van der Waals surface area contributed by atoms with E-state index < -0.39 is 0 Å². The van der Waals surface area contributed by atoms with Gasteiger partial charge in [-0.2, -0.15) is 0 Å². The molecule has 3 nitrogen and oxygen atoms in total. The molecular weight excluding hydrogens is 288 g/mol. The number of aldehydes is 1. The Morgan fingerprint density at radius 2 is 2.09 bits per heavy atom. The fraction of sp³-hybridized carbons (Fsp3) is 0.750. The lowest BCUT2D eigenvalue weighted by Gasteiger charge is -2.25. The van der Waals surface area contributed by atoms with Crippen molar-refractivity contribution in [2.45, 2.75) is 89.9 Å². The number of allylic oxidation sites excluding steroid dienone is 2. The summed E-state index contributed by atoms with van der Waals surface area (Å²) in [5, 5.41) is 0. The third-order valence-electron chi connectivity index (χ3n) is 3.91. The topological polar surface area (TPSA) is 35.5 Å². The van der Waals surface area contributed by atoms with Crippen molar-refractivity contribution in [2.24, 2.45) is 0 Å². The van der Waals surface area contributed by atoms with E-state index in [0.29, 0.717) is 6.42 Å². The number of hydrogen-bond donors (Lipinski definition) is 0. The largest absolute Gasteiger partial charge is 0.353 e. The van der Waals surface area contributed by atoms with E-state index in [2.05, 4.69) is 24.8 Å². The van der Waals surface area contributed by atoms with Crippen LogP contribution in [0.25, 0.3) is 0 Å².